The summed E-state index contributed by atoms with van der Waals surface area (Å²) in [5, 5.41) is 0. The summed E-state index contributed by atoms with van der Waals surface area (Å²) in [5.41, 5.74) is 9.27. The molecule has 0 saturated carbocycles. The first-order valence-electron chi connectivity index (χ1n) is 6.84. The molecule has 0 amide bonds. The zero-order valence-electron chi connectivity index (χ0n) is 11.4. The van der Waals surface area contributed by atoms with Crippen molar-refractivity contribution in [1.82, 2.24) is 0 Å². The molecule has 0 heterocycles. The molecule has 2 heteroatoms. The predicted octanol–water partition coefficient (Wildman–Crippen LogP) is 3.84. The van der Waals surface area contributed by atoms with Crippen molar-refractivity contribution < 1.29 is 4.74 Å². The van der Waals surface area contributed by atoms with Gasteiger partial charge < -0.3 is 10.5 Å². The Balaban J connectivity index is 1.76. The Morgan fingerprint density at radius 2 is 1.63 bits per heavy atom. The minimum atomic E-state index is 0.698. The van der Waals surface area contributed by atoms with Gasteiger partial charge in [-0.15, -0.1) is 0 Å². The van der Waals surface area contributed by atoms with Gasteiger partial charge in [-0.1, -0.05) is 43.3 Å². The summed E-state index contributed by atoms with van der Waals surface area (Å²) >= 11 is 0. The van der Waals surface area contributed by atoms with Gasteiger partial charge >= 0.3 is 0 Å². The number of nitrogen functional groups attached to an aromatic ring is 1. The Morgan fingerprint density at radius 3 is 2.32 bits per heavy atom. The number of rotatable bonds is 6. The zero-order chi connectivity index (χ0) is 13.5. The summed E-state index contributed by atoms with van der Waals surface area (Å²) in [6.07, 6.45) is 3.13. The van der Waals surface area contributed by atoms with Crippen LogP contribution >= 0.6 is 0 Å². The molecule has 0 aromatic heterocycles. The van der Waals surface area contributed by atoms with Crippen LogP contribution in [0, 0.1) is 0 Å². The number of benzene rings is 2. The lowest BCUT2D eigenvalue weighted by atomic mass is 10.1. The van der Waals surface area contributed by atoms with Gasteiger partial charge in [0.2, 0.25) is 0 Å². The molecule has 2 aromatic carbocycles. The van der Waals surface area contributed by atoms with Crippen LogP contribution in [-0.4, -0.2) is 6.61 Å². The normalized spacial score (nSPS) is 10.4. The second-order valence-electron chi connectivity index (χ2n) is 4.66. The van der Waals surface area contributed by atoms with Crippen LogP contribution < -0.4 is 10.5 Å². The van der Waals surface area contributed by atoms with E-state index in [1.807, 2.05) is 24.3 Å². The Hall–Kier alpha value is -1.96. The van der Waals surface area contributed by atoms with Crippen LogP contribution in [0.15, 0.2) is 48.5 Å². The van der Waals surface area contributed by atoms with Crippen molar-refractivity contribution in [3.8, 4) is 5.75 Å². The second-order valence-corrected chi connectivity index (χ2v) is 4.66. The molecule has 0 saturated heterocycles. The van der Waals surface area contributed by atoms with Crippen LogP contribution in [-0.2, 0) is 12.8 Å². The molecule has 2 rings (SSSR count). The first-order valence-corrected chi connectivity index (χ1v) is 6.84. The van der Waals surface area contributed by atoms with Crippen molar-refractivity contribution in [2.24, 2.45) is 0 Å². The highest BCUT2D eigenvalue weighted by Crippen LogP contribution is 2.20. The molecule has 0 aliphatic carbocycles. The summed E-state index contributed by atoms with van der Waals surface area (Å²) < 4.78 is 5.68. The minimum Gasteiger partial charge on any atom is -0.491 e. The molecule has 0 unspecified atom stereocenters. The zero-order valence-corrected chi connectivity index (χ0v) is 11.4. The average molecular weight is 255 g/mol. The molecule has 2 aromatic rings. The largest absolute Gasteiger partial charge is 0.491 e. The van der Waals surface area contributed by atoms with Gasteiger partial charge in [0.25, 0.3) is 0 Å². The maximum Gasteiger partial charge on any atom is 0.142 e. The first kappa shape index (κ1) is 13.5. The molecule has 100 valence electrons. The Bertz CT molecular complexity index is 505. The van der Waals surface area contributed by atoms with Crippen molar-refractivity contribution in [3.63, 3.8) is 0 Å². The maximum absolute atomic E-state index is 5.82. The lowest BCUT2D eigenvalue weighted by molar-refractivity contribution is 0.312. The molecule has 2 N–H and O–H groups in total. The summed E-state index contributed by atoms with van der Waals surface area (Å²) in [6.45, 7) is 2.87. The predicted molar refractivity (Wildman–Crippen MR) is 80.5 cm³/mol. The maximum atomic E-state index is 5.82. The van der Waals surface area contributed by atoms with Crippen LogP contribution in [0.1, 0.15) is 24.5 Å². The van der Waals surface area contributed by atoms with Crippen LogP contribution in [0.4, 0.5) is 5.69 Å². The summed E-state index contributed by atoms with van der Waals surface area (Å²) in [6, 6.07) is 16.4. The summed E-state index contributed by atoms with van der Waals surface area (Å²) in [7, 11) is 0. The van der Waals surface area contributed by atoms with E-state index in [0.717, 1.165) is 25.0 Å². The Labute approximate surface area is 115 Å². The summed E-state index contributed by atoms with van der Waals surface area (Å²) in [4.78, 5) is 0. The van der Waals surface area contributed by atoms with Gasteiger partial charge in [-0.05, 0) is 42.5 Å². The number of nitrogens with two attached hydrogens (primary N) is 1. The monoisotopic (exact) mass is 255 g/mol. The molecule has 0 radical (unpaired) electrons. The van der Waals surface area contributed by atoms with Gasteiger partial charge in [0.05, 0.1) is 12.3 Å². The minimum absolute atomic E-state index is 0.698. The number of ether oxygens (including phenoxy) is 1. The number of hydrogen-bond acceptors (Lipinski definition) is 2. The highest BCUT2D eigenvalue weighted by Gasteiger charge is 1.99. The third-order valence-electron chi connectivity index (χ3n) is 3.22. The number of anilines is 1. The molecular formula is C17H21NO. The quantitative estimate of drug-likeness (QED) is 0.628. The SMILES string of the molecule is CCc1ccc(CCCOc2ccccc2N)cc1. The van der Waals surface area contributed by atoms with Crippen LogP contribution in [0.3, 0.4) is 0 Å². The van der Waals surface area contributed by atoms with E-state index in [2.05, 4.69) is 31.2 Å². The smallest absolute Gasteiger partial charge is 0.142 e. The molecule has 0 aliphatic rings. The molecular weight excluding hydrogens is 234 g/mol. The van der Waals surface area contributed by atoms with Gasteiger partial charge in [0.1, 0.15) is 5.75 Å². The van der Waals surface area contributed by atoms with Crippen molar-refractivity contribution in [2.75, 3.05) is 12.3 Å². The van der Waals surface area contributed by atoms with Crippen molar-refractivity contribution in [2.45, 2.75) is 26.2 Å². The van der Waals surface area contributed by atoms with E-state index >= 15 is 0 Å². The fourth-order valence-corrected chi connectivity index (χ4v) is 2.01. The van der Waals surface area contributed by atoms with Gasteiger partial charge in [-0.25, -0.2) is 0 Å². The van der Waals surface area contributed by atoms with Crippen LogP contribution in [0.2, 0.25) is 0 Å². The van der Waals surface area contributed by atoms with Gasteiger partial charge in [-0.3, -0.25) is 0 Å². The van der Waals surface area contributed by atoms with E-state index in [1.165, 1.54) is 11.1 Å². The first-order chi connectivity index (χ1) is 9.29. The number of hydrogen-bond donors (Lipinski definition) is 1. The van der Waals surface area contributed by atoms with Crippen molar-refractivity contribution in [3.05, 3.63) is 59.7 Å². The lowest BCUT2D eigenvalue weighted by Gasteiger charge is -2.08. The lowest BCUT2D eigenvalue weighted by Crippen LogP contribution is -2.01. The fraction of sp³-hybridized carbons (Fsp3) is 0.294. The standard InChI is InChI=1S/C17H21NO/c1-2-14-9-11-15(12-10-14)6-5-13-19-17-8-4-3-7-16(17)18/h3-4,7-12H,2,5-6,13,18H2,1H3. The topological polar surface area (TPSA) is 35.2 Å². The number of para-hydroxylation sites is 2. The van der Waals surface area contributed by atoms with Gasteiger partial charge in [-0.2, -0.15) is 0 Å². The molecule has 0 atom stereocenters. The third kappa shape index (κ3) is 4.02. The van der Waals surface area contributed by atoms with Crippen LogP contribution in [0.25, 0.3) is 0 Å². The van der Waals surface area contributed by atoms with Gasteiger partial charge in [0.15, 0.2) is 0 Å². The highest BCUT2D eigenvalue weighted by atomic mass is 16.5. The summed E-state index contributed by atoms with van der Waals surface area (Å²) in [5.74, 6) is 0.781. The molecule has 0 aliphatic heterocycles. The highest BCUT2D eigenvalue weighted by molar-refractivity contribution is 5.51. The molecule has 19 heavy (non-hydrogen) atoms. The average Bonchev–Trinajstić information content (AvgIpc) is 2.46. The van der Waals surface area contributed by atoms with Crippen LogP contribution in [0.5, 0.6) is 5.75 Å². The van der Waals surface area contributed by atoms with E-state index in [-0.39, 0.29) is 0 Å². The van der Waals surface area contributed by atoms with E-state index in [9.17, 15) is 0 Å². The van der Waals surface area contributed by atoms with E-state index in [4.69, 9.17) is 10.5 Å². The van der Waals surface area contributed by atoms with Gasteiger partial charge in [0, 0.05) is 0 Å². The van der Waals surface area contributed by atoms with E-state index in [0.29, 0.717) is 12.3 Å². The Morgan fingerprint density at radius 1 is 0.947 bits per heavy atom. The molecule has 0 bridgehead atoms. The molecule has 0 spiro atoms. The van der Waals surface area contributed by atoms with E-state index in [1.54, 1.807) is 0 Å². The third-order valence-corrected chi connectivity index (χ3v) is 3.22. The number of aryl methyl sites for hydroxylation is 2. The molecule has 2 nitrogen and oxygen atoms in total. The fourth-order valence-electron chi connectivity index (χ4n) is 2.01. The van der Waals surface area contributed by atoms with Crippen molar-refractivity contribution >= 4 is 5.69 Å². The second kappa shape index (κ2) is 6.83. The van der Waals surface area contributed by atoms with E-state index < -0.39 is 0 Å². The molecule has 0 fully saturated rings. The Kier molecular flexibility index (Phi) is 4.85. The van der Waals surface area contributed by atoms with Crippen molar-refractivity contribution in [1.29, 1.82) is 0 Å².